The lowest BCUT2D eigenvalue weighted by molar-refractivity contribution is -0.167. The van der Waals surface area contributed by atoms with Crippen LogP contribution in [0.25, 0.3) is 0 Å². The maximum atomic E-state index is 12.7. The van der Waals surface area contributed by atoms with Crippen molar-refractivity contribution in [1.82, 2.24) is 0 Å². The molecule has 0 radical (unpaired) electrons. The first-order valence-corrected chi connectivity index (χ1v) is 26.2. The smallest absolute Gasteiger partial charge is 0.306 e. The average Bonchev–Trinajstić information content (AvgIpc) is 3.20. The van der Waals surface area contributed by atoms with Crippen LogP contribution in [0.3, 0.4) is 0 Å². The number of carbonyl (C=O) groups is 3. The molecule has 0 saturated carbocycles. The van der Waals surface area contributed by atoms with Crippen LogP contribution in [0, 0.1) is 11.8 Å². The third-order valence-electron chi connectivity index (χ3n) is 12.0. The monoisotopic (exact) mass is 835 g/mol. The van der Waals surface area contributed by atoms with Crippen molar-refractivity contribution in [2.24, 2.45) is 11.8 Å². The fourth-order valence-electron chi connectivity index (χ4n) is 7.99. The van der Waals surface area contributed by atoms with Crippen LogP contribution in [0.4, 0.5) is 0 Å². The van der Waals surface area contributed by atoms with Gasteiger partial charge in [0, 0.05) is 19.3 Å². The molecule has 0 aromatic carbocycles. The second-order valence-electron chi connectivity index (χ2n) is 19.1. The third-order valence-corrected chi connectivity index (χ3v) is 12.0. The second kappa shape index (κ2) is 45.9. The molecule has 0 aliphatic heterocycles. The highest BCUT2D eigenvalue weighted by Crippen LogP contribution is 2.17. The number of ether oxygens (including phenoxy) is 3. The summed E-state index contributed by atoms with van der Waals surface area (Å²) in [5, 5.41) is 0. The molecule has 6 heteroatoms. The first-order valence-electron chi connectivity index (χ1n) is 26.2. The zero-order valence-electron chi connectivity index (χ0n) is 40.4. The quantitative estimate of drug-likeness (QED) is 0.0345. The number of esters is 3. The van der Waals surface area contributed by atoms with E-state index >= 15 is 0 Å². The van der Waals surface area contributed by atoms with E-state index in [9.17, 15) is 14.4 Å². The Morgan fingerprint density at radius 2 is 0.559 bits per heavy atom. The summed E-state index contributed by atoms with van der Waals surface area (Å²) in [4.78, 5) is 37.8. The van der Waals surface area contributed by atoms with Gasteiger partial charge in [-0.2, -0.15) is 0 Å². The molecular formula is C53H102O6. The highest BCUT2D eigenvalue weighted by molar-refractivity contribution is 5.71. The number of hydrogen-bond donors (Lipinski definition) is 0. The SMILES string of the molecule is CCCCCCCCCC(=O)O[C@H](COC(=O)CCCCCCCCCCCCCCCCCC(C)C)COC(=O)CCCCCCCCCCCCCCCC(C)C. The highest BCUT2D eigenvalue weighted by Gasteiger charge is 2.19. The lowest BCUT2D eigenvalue weighted by atomic mass is 10.0. The number of rotatable bonds is 47. The van der Waals surface area contributed by atoms with Crippen LogP contribution in [-0.2, 0) is 28.6 Å². The van der Waals surface area contributed by atoms with Crippen LogP contribution in [0.5, 0.6) is 0 Å². The Morgan fingerprint density at radius 3 is 0.831 bits per heavy atom. The van der Waals surface area contributed by atoms with Crippen LogP contribution in [0.15, 0.2) is 0 Å². The van der Waals surface area contributed by atoms with Gasteiger partial charge in [0.25, 0.3) is 0 Å². The lowest BCUT2D eigenvalue weighted by Crippen LogP contribution is -2.30. The van der Waals surface area contributed by atoms with Gasteiger partial charge < -0.3 is 14.2 Å². The molecule has 0 fully saturated rings. The summed E-state index contributed by atoms with van der Waals surface area (Å²) >= 11 is 0. The van der Waals surface area contributed by atoms with Crippen LogP contribution in [-0.4, -0.2) is 37.2 Å². The van der Waals surface area contributed by atoms with Crippen molar-refractivity contribution in [3.05, 3.63) is 0 Å². The summed E-state index contributed by atoms with van der Waals surface area (Å²) in [6, 6.07) is 0. The molecule has 0 aliphatic rings. The van der Waals surface area contributed by atoms with Gasteiger partial charge in [0.1, 0.15) is 13.2 Å². The van der Waals surface area contributed by atoms with Gasteiger partial charge in [-0.05, 0) is 31.1 Å². The summed E-state index contributed by atoms with van der Waals surface area (Å²) in [6.45, 7) is 11.4. The summed E-state index contributed by atoms with van der Waals surface area (Å²) in [6.07, 6.45) is 46.8. The molecule has 350 valence electrons. The normalized spacial score (nSPS) is 12.1. The van der Waals surface area contributed by atoms with Crippen LogP contribution < -0.4 is 0 Å². The maximum absolute atomic E-state index is 12.7. The zero-order valence-corrected chi connectivity index (χ0v) is 40.4. The van der Waals surface area contributed by atoms with Crippen LogP contribution in [0.2, 0.25) is 0 Å². The summed E-state index contributed by atoms with van der Waals surface area (Å²) in [5.41, 5.74) is 0. The molecule has 59 heavy (non-hydrogen) atoms. The molecule has 0 unspecified atom stereocenters. The second-order valence-corrected chi connectivity index (χ2v) is 19.1. The summed E-state index contributed by atoms with van der Waals surface area (Å²) in [7, 11) is 0. The molecule has 0 aromatic heterocycles. The van der Waals surface area contributed by atoms with Crippen molar-refractivity contribution < 1.29 is 28.6 Å². The predicted octanol–water partition coefficient (Wildman–Crippen LogP) is 16.9. The van der Waals surface area contributed by atoms with Crippen molar-refractivity contribution in [1.29, 1.82) is 0 Å². The van der Waals surface area contributed by atoms with Crippen LogP contribution >= 0.6 is 0 Å². The topological polar surface area (TPSA) is 78.9 Å². The van der Waals surface area contributed by atoms with Gasteiger partial charge in [-0.3, -0.25) is 14.4 Å². The van der Waals surface area contributed by atoms with Crippen molar-refractivity contribution in [3.63, 3.8) is 0 Å². The Balaban J connectivity index is 4.14. The largest absolute Gasteiger partial charge is 0.462 e. The van der Waals surface area contributed by atoms with E-state index in [4.69, 9.17) is 14.2 Å². The predicted molar refractivity (Wildman–Crippen MR) is 252 cm³/mol. The molecule has 1 atom stereocenters. The van der Waals surface area contributed by atoms with Gasteiger partial charge in [-0.1, -0.05) is 253 Å². The maximum Gasteiger partial charge on any atom is 0.306 e. The minimum atomic E-state index is -0.760. The average molecular weight is 835 g/mol. The van der Waals surface area contributed by atoms with E-state index in [0.29, 0.717) is 19.3 Å². The molecule has 0 saturated heterocycles. The van der Waals surface area contributed by atoms with Gasteiger partial charge in [0.2, 0.25) is 0 Å². The molecule has 0 N–H and O–H groups in total. The molecule has 0 aliphatic carbocycles. The van der Waals surface area contributed by atoms with E-state index in [2.05, 4.69) is 34.6 Å². The van der Waals surface area contributed by atoms with Crippen LogP contribution in [0.1, 0.15) is 291 Å². The van der Waals surface area contributed by atoms with E-state index < -0.39 is 6.10 Å². The molecule has 0 amide bonds. The Morgan fingerprint density at radius 1 is 0.322 bits per heavy atom. The van der Waals surface area contributed by atoms with E-state index in [1.165, 1.54) is 180 Å². The Bertz CT molecular complexity index is 900. The van der Waals surface area contributed by atoms with E-state index in [1.807, 2.05) is 0 Å². The van der Waals surface area contributed by atoms with Gasteiger partial charge >= 0.3 is 17.9 Å². The Hall–Kier alpha value is -1.59. The Kier molecular flexibility index (Phi) is 44.7. The molecule has 0 heterocycles. The van der Waals surface area contributed by atoms with E-state index in [1.54, 1.807) is 0 Å². The highest BCUT2D eigenvalue weighted by atomic mass is 16.6. The molecule has 6 nitrogen and oxygen atoms in total. The van der Waals surface area contributed by atoms with E-state index in [0.717, 1.165) is 69.6 Å². The van der Waals surface area contributed by atoms with Gasteiger partial charge in [0.05, 0.1) is 0 Å². The fourth-order valence-corrected chi connectivity index (χ4v) is 7.99. The summed E-state index contributed by atoms with van der Waals surface area (Å²) in [5.74, 6) is 0.835. The number of carbonyl (C=O) groups excluding carboxylic acids is 3. The third kappa shape index (κ3) is 47.3. The zero-order chi connectivity index (χ0) is 43.3. The molecular weight excluding hydrogens is 733 g/mol. The Labute approximate surface area is 368 Å². The van der Waals surface area contributed by atoms with Crippen molar-refractivity contribution in [3.8, 4) is 0 Å². The molecule has 0 rings (SSSR count). The molecule has 0 bridgehead atoms. The summed E-state index contributed by atoms with van der Waals surface area (Å²) < 4.78 is 16.7. The van der Waals surface area contributed by atoms with Crippen molar-refractivity contribution >= 4 is 17.9 Å². The standard InChI is InChI=1S/C53H102O6/c1-6-7-8-9-26-35-40-45-53(56)59-50(47-58-52(55)44-39-34-30-25-21-17-13-15-19-23-28-32-37-42-49(4)5)46-57-51(54)43-38-33-29-24-20-16-12-10-11-14-18-22-27-31-36-41-48(2)3/h48-50H,6-47H2,1-5H3/t50-/m1/s1. The minimum absolute atomic E-state index is 0.0640. The van der Waals surface area contributed by atoms with Gasteiger partial charge in [-0.15, -0.1) is 0 Å². The van der Waals surface area contributed by atoms with Gasteiger partial charge in [0.15, 0.2) is 6.10 Å². The molecule has 0 spiro atoms. The number of unbranched alkanes of at least 4 members (excludes halogenated alkanes) is 32. The van der Waals surface area contributed by atoms with Gasteiger partial charge in [-0.25, -0.2) is 0 Å². The molecule has 0 aromatic rings. The fraction of sp³-hybridized carbons (Fsp3) is 0.943. The first kappa shape index (κ1) is 57.4. The lowest BCUT2D eigenvalue weighted by Gasteiger charge is -2.18. The van der Waals surface area contributed by atoms with E-state index in [-0.39, 0.29) is 31.1 Å². The van der Waals surface area contributed by atoms with Crippen molar-refractivity contribution in [2.45, 2.75) is 298 Å². The number of hydrogen-bond acceptors (Lipinski definition) is 6. The van der Waals surface area contributed by atoms with Crippen molar-refractivity contribution in [2.75, 3.05) is 13.2 Å². The minimum Gasteiger partial charge on any atom is -0.462 e. The first-order chi connectivity index (χ1) is 28.7.